The second-order valence-corrected chi connectivity index (χ2v) is 4.89. The van der Waals surface area contributed by atoms with Crippen molar-refractivity contribution in [2.45, 2.75) is 0 Å². The van der Waals surface area contributed by atoms with Crippen LogP contribution < -0.4 is 10.1 Å². The summed E-state index contributed by atoms with van der Waals surface area (Å²) in [5.41, 5.74) is 1.60. The van der Waals surface area contributed by atoms with Gasteiger partial charge < -0.3 is 15.0 Å². The number of benzene rings is 2. The van der Waals surface area contributed by atoms with Crippen molar-refractivity contribution in [2.24, 2.45) is 0 Å². The molecule has 0 aliphatic carbocycles. The molecule has 2 aromatic carbocycles. The molecular weight excluding hydrogens is 298 g/mol. The largest absolute Gasteiger partial charge is 0.497 e. The molecule has 0 atom stereocenters. The molecule has 0 radical (unpaired) electrons. The number of amides is 1. The van der Waals surface area contributed by atoms with Crippen LogP contribution in [-0.2, 0) is 0 Å². The van der Waals surface area contributed by atoms with Crippen LogP contribution in [0.5, 0.6) is 5.75 Å². The highest BCUT2D eigenvalue weighted by Crippen LogP contribution is 2.22. The summed E-state index contributed by atoms with van der Waals surface area (Å²) in [4.78, 5) is 25.5. The Bertz CT molecular complexity index is 884. The second kappa shape index (κ2) is 5.80. The van der Waals surface area contributed by atoms with Crippen molar-refractivity contribution in [2.75, 3.05) is 12.4 Å². The molecule has 2 N–H and O–H groups in total. The number of H-pyrrole nitrogens is 1. The number of nitro groups is 1. The number of methoxy groups -OCH3 is 1. The summed E-state index contributed by atoms with van der Waals surface area (Å²) in [6, 6.07) is 12.9. The maximum absolute atomic E-state index is 12.2. The highest BCUT2D eigenvalue weighted by atomic mass is 16.6. The number of hydrogen-bond donors (Lipinski definition) is 2. The van der Waals surface area contributed by atoms with E-state index < -0.39 is 4.92 Å². The average molecular weight is 311 g/mol. The molecule has 0 unspecified atom stereocenters. The molecule has 0 aliphatic rings. The van der Waals surface area contributed by atoms with Crippen LogP contribution in [0.1, 0.15) is 10.5 Å². The fourth-order valence-corrected chi connectivity index (χ4v) is 2.23. The zero-order valence-electron chi connectivity index (χ0n) is 12.2. The molecule has 0 aliphatic heterocycles. The van der Waals surface area contributed by atoms with Crippen LogP contribution in [0.3, 0.4) is 0 Å². The summed E-state index contributed by atoms with van der Waals surface area (Å²) in [5, 5.41) is 14.1. The number of carbonyl (C=O) groups excluding carboxylic acids is 1. The molecule has 3 rings (SSSR count). The van der Waals surface area contributed by atoms with E-state index in [2.05, 4.69) is 10.3 Å². The zero-order chi connectivity index (χ0) is 16.4. The smallest absolute Gasteiger partial charge is 0.272 e. The molecule has 0 bridgehead atoms. The molecule has 1 amide bonds. The molecular formula is C16H13N3O4. The Morgan fingerprint density at radius 1 is 1.17 bits per heavy atom. The van der Waals surface area contributed by atoms with Gasteiger partial charge in [0.25, 0.3) is 11.6 Å². The van der Waals surface area contributed by atoms with Crippen molar-refractivity contribution in [3.8, 4) is 5.75 Å². The van der Waals surface area contributed by atoms with Crippen molar-refractivity contribution in [1.29, 1.82) is 0 Å². The van der Waals surface area contributed by atoms with Crippen LogP contribution in [-0.4, -0.2) is 22.9 Å². The Kier molecular flexibility index (Phi) is 3.68. The SMILES string of the molecule is COc1ccc(NC(=O)c2cc3cc([N+](=O)[O-])ccc3[nH]2)cc1. The number of nitrogens with one attached hydrogen (secondary N) is 2. The van der Waals surface area contributed by atoms with Gasteiger partial charge >= 0.3 is 0 Å². The molecule has 0 saturated heterocycles. The van der Waals surface area contributed by atoms with Crippen molar-refractivity contribution < 1.29 is 14.5 Å². The Hall–Kier alpha value is -3.35. The monoisotopic (exact) mass is 311 g/mol. The number of nitrogens with zero attached hydrogens (tertiary/aromatic N) is 1. The van der Waals surface area contributed by atoms with Crippen molar-refractivity contribution in [3.63, 3.8) is 0 Å². The molecule has 3 aromatic rings. The lowest BCUT2D eigenvalue weighted by molar-refractivity contribution is -0.384. The van der Waals surface area contributed by atoms with Gasteiger partial charge in [0.2, 0.25) is 0 Å². The van der Waals surface area contributed by atoms with E-state index in [1.54, 1.807) is 43.5 Å². The Labute approximate surface area is 131 Å². The van der Waals surface area contributed by atoms with Crippen LogP contribution in [0.15, 0.2) is 48.5 Å². The summed E-state index contributed by atoms with van der Waals surface area (Å²) in [6.07, 6.45) is 0. The maximum atomic E-state index is 12.2. The number of aromatic amines is 1. The predicted molar refractivity (Wildman–Crippen MR) is 85.9 cm³/mol. The summed E-state index contributed by atoms with van der Waals surface area (Å²) in [5.74, 6) is 0.370. The third-order valence-electron chi connectivity index (χ3n) is 3.41. The molecule has 0 fully saturated rings. The van der Waals surface area contributed by atoms with Crippen LogP contribution in [0.25, 0.3) is 10.9 Å². The van der Waals surface area contributed by atoms with Gasteiger partial charge in [0.05, 0.1) is 12.0 Å². The standard InChI is InChI=1S/C16H13N3O4/c1-23-13-5-2-11(3-6-13)17-16(20)15-9-10-8-12(19(21)22)4-7-14(10)18-15/h2-9,18H,1H3,(H,17,20). The molecule has 7 nitrogen and oxygen atoms in total. The van der Waals surface area contributed by atoms with E-state index >= 15 is 0 Å². The summed E-state index contributed by atoms with van der Waals surface area (Å²) < 4.78 is 5.06. The van der Waals surface area contributed by atoms with E-state index in [0.29, 0.717) is 28.0 Å². The van der Waals surface area contributed by atoms with Gasteiger partial charge in [-0.1, -0.05) is 0 Å². The van der Waals surface area contributed by atoms with Gasteiger partial charge in [-0.25, -0.2) is 0 Å². The molecule has 1 aromatic heterocycles. The summed E-state index contributed by atoms with van der Waals surface area (Å²) in [7, 11) is 1.57. The highest BCUT2D eigenvalue weighted by molar-refractivity contribution is 6.06. The Morgan fingerprint density at radius 3 is 2.57 bits per heavy atom. The van der Waals surface area contributed by atoms with Crippen molar-refractivity contribution in [1.82, 2.24) is 4.98 Å². The zero-order valence-corrected chi connectivity index (χ0v) is 12.2. The van der Waals surface area contributed by atoms with Gasteiger partial charge in [-0.2, -0.15) is 0 Å². The Morgan fingerprint density at radius 2 is 1.91 bits per heavy atom. The summed E-state index contributed by atoms with van der Waals surface area (Å²) >= 11 is 0. The maximum Gasteiger partial charge on any atom is 0.272 e. The Balaban J connectivity index is 1.83. The van der Waals surface area contributed by atoms with Crippen LogP contribution in [0, 0.1) is 10.1 Å². The number of rotatable bonds is 4. The molecule has 7 heteroatoms. The van der Waals surface area contributed by atoms with Crippen LogP contribution in [0.2, 0.25) is 0 Å². The van der Waals surface area contributed by atoms with E-state index in [4.69, 9.17) is 4.74 Å². The molecule has 0 spiro atoms. The molecule has 1 heterocycles. The minimum absolute atomic E-state index is 0.0152. The van der Waals surface area contributed by atoms with Gasteiger partial charge in [-0.15, -0.1) is 0 Å². The lowest BCUT2D eigenvalue weighted by atomic mass is 10.2. The predicted octanol–water partition coefficient (Wildman–Crippen LogP) is 3.34. The molecule has 23 heavy (non-hydrogen) atoms. The number of hydrogen-bond acceptors (Lipinski definition) is 4. The first-order valence-electron chi connectivity index (χ1n) is 6.79. The van der Waals surface area contributed by atoms with Gasteiger partial charge in [-0.3, -0.25) is 14.9 Å². The first kappa shape index (κ1) is 14.6. The topological polar surface area (TPSA) is 97.3 Å². The fraction of sp³-hybridized carbons (Fsp3) is 0.0625. The second-order valence-electron chi connectivity index (χ2n) is 4.89. The van der Waals surface area contributed by atoms with E-state index in [0.717, 1.165) is 0 Å². The highest BCUT2D eigenvalue weighted by Gasteiger charge is 2.12. The van der Waals surface area contributed by atoms with E-state index in [9.17, 15) is 14.9 Å². The van der Waals surface area contributed by atoms with Gasteiger partial charge in [0.15, 0.2) is 0 Å². The first-order chi connectivity index (χ1) is 11.1. The number of nitro benzene ring substituents is 1. The lowest BCUT2D eigenvalue weighted by Gasteiger charge is -2.04. The van der Waals surface area contributed by atoms with Crippen LogP contribution >= 0.6 is 0 Å². The normalized spacial score (nSPS) is 10.5. The number of aromatic nitrogens is 1. The number of ether oxygens (including phenoxy) is 1. The number of anilines is 1. The number of carbonyl (C=O) groups is 1. The molecule has 116 valence electrons. The van der Waals surface area contributed by atoms with Gasteiger partial charge in [0.1, 0.15) is 11.4 Å². The van der Waals surface area contributed by atoms with Gasteiger partial charge in [-0.05, 0) is 36.4 Å². The third-order valence-corrected chi connectivity index (χ3v) is 3.41. The van der Waals surface area contributed by atoms with Crippen molar-refractivity contribution >= 4 is 28.2 Å². The quantitative estimate of drug-likeness (QED) is 0.570. The lowest BCUT2D eigenvalue weighted by Crippen LogP contribution is -2.12. The number of fused-ring (bicyclic) bond motifs is 1. The fourth-order valence-electron chi connectivity index (χ4n) is 2.23. The number of non-ortho nitro benzene ring substituents is 1. The minimum Gasteiger partial charge on any atom is -0.497 e. The third kappa shape index (κ3) is 2.98. The van der Waals surface area contributed by atoms with Crippen LogP contribution in [0.4, 0.5) is 11.4 Å². The van der Waals surface area contributed by atoms with E-state index in [-0.39, 0.29) is 11.6 Å². The summed E-state index contributed by atoms with van der Waals surface area (Å²) in [6.45, 7) is 0. The van der Waals surface area contributed by atoms with E-state index in [1.165, 1.54) is 12.1 Å². The molecule has 0 saturated carbocycles. The van der Waals surface area contributed by atoms with Gasteiger partial charge in [0, 0.05) is 28.7 Å². The van der Waals surface area contributed by atoms with E-state index in [1.807, 2.05) is 0 Å². The average Bonchev–Trinajstić information content (AvgIpc) is 2.98. The van der Waals surface area contributed by atoms with Crippen molar-refractivity contribution in [3.05, 3.63) is 64.3 Å². The first-order valence-corrected chi connectivity index (χ1v) is 6.79. The minimum atomic E-state index is -0.469.